The lowest BCUT2D eigenvalue weighted by Crippen LogP contribution is -2.53. The van der Waals surface area contributed by atoms with Gasteiger partial charge in [0.1, 0.15) is 0 Å². The van der Waals surface area contributed by atoms with Crippen molar-refractivity contribution in [3.63, 3.8) is 0 Å². The fourth-order valence-electron chi connectivity index (χ4n) is 3.73. The molecule has 2 amide bonds. The third-order valence-corrected chi connectivity index (χ3v) is 4.47. The summed E-state index contributed by atoms with van der Waals surface area (Å²) in [5.74, 6) is 0.925. The van der Waals surface area contributed by atoms with E-state index in [-0.39, 0.29) is 18.0 Å². The van der Waals surface area contributed by atoms with Gasteiger partial charge in [-0.3, -0.25) is 4.90 Å². The van der Waals surface area contributed by atoms with Crippen LogP contribution in [0, 0.1) is 11.8 Å². The van der Waals surface area contributed by atoms with E-state index in [1.165, 1.54) is 6.42 Å². The predicted octanol–water partition coefficient (Wildman–Crippen LogP) is 1.87. The van der Waals surface area contributed by atoms with Crippen LogP contribution in [-0.4, -0.2) is 49.2 Å². The van der Waals surface area contributed by atoms with Gasteiger partial charge in [-0.25, -0.2) is 9.59 Å². The summed E-state index contributed by atoms with van der Waals surface area (Å²) in [6.45, 7) is 11.1. The van der Waals surface area contributed by atoms with Crippen LogP contribution in [0.3, 0.4) is 0 Å². The Bertz CT molecular complexity index is 479. The normalized spacial score (nSPS) is 29.0. The minimum atomic E-state index is -0.333. The number of likely N-dealkylation sites (tertiary alicyclic amines) is 1. The summed E-state index contributed by atoms with van der Waals surface area (Å²) in [7, 11) is 0. The molecule has 0 radical (unpaired) electrons. The van der Waals surface area contributed by atoms with Gasteiger partial charge in [0.15, 0.2) is 0 Å². The van der Waals surface area contributed by atoms with Gasteiger partial charge >= 0.3 is 12.0 Å². The van der Waals surface area contributed by atoms with Gasteiger partial charge in [-0.1, -0.05) is 20.8 Å². The van der Waals surface area contributed by atoms with Crippen LogP contribution in [-0.2, 0) is 9.53 Å². The Hall–Kier alpha value is -1.56. The van der Waals surface area contributed by atoms with Crippen LogP contribution in [0.25, 0.3) is 0 Å². The topological polar surface area (TPSA) is 70.7 Å². The molecular weight excluding hydrogens is 294 g/mol. The molecule has 0 aromatic rings. The zero-order valence-electron chi connectivity index (χ0n) is 14.6. The Labute approximate surface area is 138 Å². The van der Waals surface area contributed by atoms with Crippen LogP contribution in [0.5, 0.6) is 0 Å². The molecule has 6 heteroatoms. The molecule has 0 aliphatic carbocycles. The minimum Gasteiger partial charge on any atom is -0.463 e. The first-order chi connectivity index (χ1) is 10.9. The fraction of sp³-hybridized carbons (Fsp3) is 0.765. The smallest absolute Gasteiger partial charge is 0.337 e. The maximum Gasteiger partial charge on any atom is 0.337 e. The Morgan fingerprint density at radius 2 is 1.91 bits per heavy atom. The summed E-state index contributed by atoms with van der Waals surface area (Å²) >= 11 is 0. The number of esters is 1. The van der Waals surface area contributed by atoms with Crippen molar-refractivity contribution in [2.45, 2.75) is 46.6 Å². The molecule has 1 saturated heterocycles. The summed E-state index contributed by atoms with van der Waals surface area (Å²) in [5, 5.41) is 5.65. The van der Waals surface area contributed by atoms with Crippen LogP contribution in [0.4, 0.5) is 4.79 Å². The number of amides is 2. The summed E-state index contributed by atoms with van der Waals surface area (Å²) in [6.07, 6.45) is 1.89. The molecule has 0 saturated carbocycles. The van der Waals surface area contributed by atoms with Crippen molar-refractivity contribution >= 4 is 12.0 Å². The van der Waals surface area contributed by atoms with Gasteiger partial charge in [-0.05, 0) is 31.6 Å². The van der Waals surface area contributed by atoms with Gasteiger partial charge in [0.25, 0.3) is 0 Å². The Balaban J connectivity index is 2.24. The van der Waals surface area contributed by atoms with E-state index in [2.05, 4.69) is 29.4 Å². The molecule has 23 heavy (non-hydrogen) atoms. The zero-order chi connectivity index (χ0) is 17.0. The first-order valence-corrected chi connectivity index (χ1v) is 8.64. The van der Waals surface area contributed by atoms with Crippen molar-refractivity contribution in [3.05, 3.63) is 11.3 Å². The molecule has 0 spiro atoms. The van der Waals surface area contributed by atoms with Gasteiger partial charge in [0.05, 0.1) is 18.2 Å². The molecular formula is C17H29N3O3. The van der Waals surface area contributed by atoms with Crippen molar-refractivity contribution in [3.8, 4) is 0 Å². The van der Waals surface area contributed by atoms with Crippen molar-refractivity contribution in [2.24, 2.45) is 11.8 Å². The largest absolute Gasteiger partial charge is 0.463 e. The quantitative estimate of drug-likeness (QED) is 0.758. The second kappa shape index (κ2) is 7.81. The van der Waals surface area contributed by atoms with Gasteiger partial charge in [-0.15, -0.1) is 0 Å². The molecule has 0 aromatic carbocycles. The lowest BCUT2D eigenvalue weighted by molar-refractivity contribution is -0.139. The molecule has 2 aliphatic rings. The van der Waals surface area contributed by atoms with Crippen LogP contribution >= 0.6 is 0 Å². The molecule has 6 nitrogen and oxygen atoms in total. The van der Waals surface area contributed by atoms with E-state index < -0.39 is 0 Å². The summed E-state index contributed by atoms with van der Waals surface area (Å²) in [6, 6.07) is -0.518. The lowest BCUT2D eigenvalue weighted by Gasteiger charge is -2.37. The molecule has 2 N–H and O–H groups in total. The first-order valence-electron chi connectivity index (χ1n) is 8.64. The van der Waals surface area contributed by atoms with Crippen molar-refractivity contribution in [2.75, 3.05) is 26.2 Å². The number of rotatable bonds is 5. The number of ether oxygens (including phenoxy) is 1. The maximum atomic E-state index is 12.4. The SMILES string of the molecule is CCOC(=O)C1=C(CN2C[C@H](C)C[C@H](C)C2)NC(=O)N[C@@H]1CC. The van der Waals surface area contributed by atoms with Gasteiger partial charge in [-0.2, -0.15) is 0 Å². The standard InChI is InChI=1S/C17H29N3O3/c1-5-13-15(16(21)23-6-2)14(19-17(22)18-13)10-20-8-11(3)7-12(4)9-20/h11-13H,5-10H2,1-4H3,(H2,18,19,22)/t11-,12+,13-/m1/s1. The number of urea groups is 1. The van der Waals surface area contributed by atoms with Crippen molar-refractivity contribution in [1.82, 2.24) is 15.5 Å². The highest BCUT2D eigenvalue weighted by Crippen LogP contribution is 2.23. The van der Waals surface area contributed by atoms with Crippen LogP contribution in [0.15, 0.2) is 11.3 Å². The minimum absolute atomic E-state index is 0.238. The third-order valence-electron chi connectivity index (χ3n) is 4.47. The van der Waals surface area contributed by atoms with E-state index in [0.29, 0.717) is 42.7 Å². The molecule has 0 unspecified atom stereocenters. The number of hydrogen-bond donors (Lipinski definition) is 2. The average molecular weight is 323 g/mol. The highest BCUT2D eigenvalue weighted by Gasteiger charge is 2.33. The number of nitrogens with one attached hydrogen (secondary N) is 2. The van der Waals surface area contributed by atoms with Crippen LogP contribution < -0.4 is 10.6 Å². The Morgan fingerprint density at radius 1 is 1.26 bits per heavy atom. The molecule has 0 aromatic heterocycles. The van der Waals surface area contributed by atoms with Gasteiger partial charge in [0.2, 0.25) is 0 Å². The van der Waals surface area contributed by atoms with E-state index in [1.54, 1.807) is 6.92 Å². The molecule has 1 fully saturated rings. The highest BCUT2D eigenvalue weighted by molar-refractivity contribution is 5.94. The molecule has 2 aliphatic heterocycles. The summed E-state index contributed by atoms with van der Waals surface area (Å²) < 4.78 is 5.20. The van der Waals surface area contributed by atoms with Crippen molar-refractivity contribution < 1.29 is 14.3 Å². The molecule has 130 valence electrons. The average Bonchev–Trinajstić information content (AvgIpc) is 2.45. The second-order valence-corrected chi connectivity index (χ2v) is 6.81. The van der Waals surface area contributed by atoms with Crippen LogP contribution in [0.1, 0.15) is 40.5 Å². The monoisotopic (exact) mass is 323 g/mol. The van der Waals surface area contributed by atoms with E-state index >= 15 is 0 Å². The second-order valence-electron chi connectivity index (χ2n) is 6.81. The van der Waals surface area contributed by atoms with Crippen molar-refractivity contribution in [1.29, 1.82) is 0 Å². The van der Waals surface area contributed by atoms with E-state index in [0.717, 1.165) is 13.1 Å². The van der Waals surface area contributed by atoms with Gasteiger partial charge < -0.3 is 15.4 Å². The zero-order valence-corrected chi connectivity index (χ0v) is 14.6. The lowest BCUT2D eigenvalue weighted by atomic mass is 9.91. The number of nitrogens with zero attached hydrogens (tertiary/aromatic N) is 1. The molecule has 2 heterocycles. The molecule has 2 rings (SSSR count). The summed E-state index contributed by atoms with van der Waals surface area (Å²) in [4.78, 5) is 26.6. The van der Waals surface area contributed by atoms with E-state index in [1.807, 2.05) is 6.92 Å². The highest BCUT2D eigenvalue weighted by atomic mass is 16.5. The Kier molecular flexibility index (Phi) is 6.04. The fourth-order valence-corrected chi connectivity index (χ4v) is 3.73. The number of piperidine rings is 1. The molecule has 3 atom stereocenters. The number of carbonyl (C=O) groups is 2. The Morgan fingerprint density at radius 3 is 2.48 bits per heavy atom. The summed E-state index contributed by atoms with van der Waals surface area (Å²) in [5.41, 5.74) is 1.26. The van der Waals surface area contributed by atoms with E-state index in [4.69, 9.17) is 4.74 Å². The number of carbonyl (C=O) groups excluding carboxylic acids is 2. The first kappa shape index (κ1) is 17.8. The number of hydrogen-bond acceptors (Lipinski definition) is 4. The third kappa shape index (κ3) is 4.47. The predicted molar refractivity (Wildman–Crippen MR) is 88.8 cm³/mol. The van der Waals surface area contributed by atoms with Gasteiger partial charge in [0, 0.05) is 25.3 Å². The van der Waals surface area contributed by atoms with E-state index in [9.17, 15) is 9.59 Å². The molecule has 0 bridgehead atoms. The van der Waals surface area contributed by atoms with Crippen LogP contribution in [0.2, 0.25) is 0 Å². The maximum absolute atomic E-state index is 12.4.